The highest BCUT2D eigenvalue weighted by molar-refractivity contribution is 5.90. The highest BCUT2D eigenvalue weighted by Crippen LogP contribution is 2.20. The average Bonchev–Trinajstić information content (AvgIpc) is 2.52. The maximum atomic E-state index is 11.9. The molecule has 1 aromatic rings. The third-order valence-corrected chi connectivity index (χ3v) is 4.37. The van der Waals surface area contributed by atoms with Crippen molar-refractivity contribution in [1.82, 2.24) is 5.32 Å². The van der Waals surface area contributed by atoms with E-state index in [9.17, 15) is 4.79 Å². The topological polar surface area (TPSA) is 50.4 Å². The second-order valence-corrected chi connectivity index (χ2v) is 6.11. The van der Waals surface area contributed by atoms with Crippen molar-refractivity contribution in [2.24, 2.45) is 0 Å². The van der Waals surface area contributed by atoms with E-state index in [1.54, 1.807) is 0 Å². The molecule has 0 spiro atoms. The number of rotatable bonds is 6. The van der Waals surface area contributed by atoms with Gasteiger partial charge >= 0.3 is 6.03 Å². The molecule has 0 heterocycles. The van der Waals surface area contributed by atoms with E-state index in [1.165, 1.54) is 37.7 Å². The van der Waals surface area contributed by atoms with Crippen LogP contribution in [0.2, 0.25) is 0 Å². The van der Waals surface area contributed by atoms with Crippen LogP contribution in [0.4, 0.5) is 10.5 Å². The summed E-state index contributed by atoms with van der Waals surface area (Å²) in [5.41, 5.74) is 3.16. The number of anilines is 1. The molecule has 1 aliphatic rings. The molecule has 2 amide bonds. The van der Waals surface area contributed by atoms with Crippen LogP contribution in [-0.4, -0.2) is 25.3 Å². The van der Waals surface area contributed by atoms with Crippen LogP contribution in [0.25, 0.3) is 0 Å². The minimum absolute atomic E-state index is 0.147. The number of nitrogens with one attached hydrogen (secondary N) is 2. The SMILES string of the molecule is Cc1cccc(NC(=O)NCCCOC2CCCCC2)c1C. The van der Waals surface area contributed by atoms with Gasteiger partial charge in [0.2, 0.25) is 0 Å². The zero-order valence-corrected chi connectivity index (χ0v) is 13.8. The predicted molar refractivity (Wildman–Crippen MR) is 90.4 cm³/mol. The summed E-state index contributed by atoms with van der Waals surface area (Å²) in [5, 5.41) is 5.79. The van der Waals surface area contributed by atoms with Gasteiger partial charge in [0.15, 0.2) is 0 Å². The maximum absolute atomic E-state index is 11.9. The number of amides is 2. The Morgan fingerprint density at radius 2 is 2.00 bits per heavy atom. The van der Waals surface area contributed by atoms with Gasteiger partial charge in [0.25, 0.3) is 0 Å². The zero-order chi connectivity index (χ0) is 15.8. The number of urea groups is 1. The quantitative estimate of drug-likeness (QED) is 0.775. The van der Waals surface area contributed by atoms with Crippen molar-refractivity contribution in [1.29, 1.82) is 0 Å². The second-order valence-electron chi connectivity index (χ2n) is 6.11. The van der Waals surface area contributed by atoms with Crippen molar-refractivity contribution >= 4 is 11.7 Å². The van der Waals surface area contributed by atoms with E-state index in [-0.39, 0.29) is 6.03 Å². The fourth-order valence-corrected chi connectivity index (χ4v) is 2.81. The monoisotopic (exact) mass is 304 g/mol. The molecule has 1 saturated carbocycles. The molecule has 2 N–H and O–H groups in total. The van der Waals surface area contributed by atoms with Gasteiger partial charge in [-0.05, 0) is 50.3 Å². The van der Waals surface area contributed by atoms with E-state index >= 15 is 0 Å². The number of hydrogen-bond donors (Lipinski definition) is 2. The lowest BCUT2D eigenvalue weighted by atomic mass is 9.98. The molecule has 1 aliphatic carbocycles. The van der Waals surface area contributed by atoms with Crippen molar-refractivity contribution in [2.45, 2.75) is 58.5 Å². The van der Waals surface area contributed by atoms with Crippen LogP contribution in [0.1, 0.15) is 49.7 Å². The first-order chi connectivity index (χ1) is 10.7. The van der Waals surface area contributed by atoms with Gasteiger partial charge in [-0.15, -0.1) is 0 Å². The Balaban J connectivity index is 1.60. The van der Waals surface area contributed by atoms with E-state index in [0.717, 1.165) is 24.3 Å². The summed E-state index contributed by atoms with van der Waals surface area (Å²) < 4.78 is 5.85. The smallest absolute Gasteiger partial charge is 0.319 e. The number of aryl methyl sites for hydroxylation is 1. The minimum Gasteiger partial charge on any atom is -0.378 e. The zero-order valence-electron chi connectivity index (χ0n) is 13.8. The van der Waals surface area contributed by atoms with Crippen LogP contribution in [-0.2, 0) is 4.74 Å². The normalized spacial score (nSPS) is 15.5. The minimum atomic E-state index is -0.147. The molecule has 0 radical (unpaired) electrons. The van der Waals surface area contributed by atoms with Crippen molar-refractivity contribution in [2.75, 3.05) is 18.5 Å². The van der Waals surface area contributed by atoms with Crippen LogP contribution in [0.3, 0.4) is 0 Å². The largest absolute Gasteiger partial charge is 0.378 e. The first kappa shape index (κ1) is 16.8. The third kappa shape index (κ3) is 5.34. The summed E-state index contributed by atoms with van der Waals surface area (Å²) in [6, 6.07) is 5.77. The van der Waals surface area contributed by atoms with Gasteiger partial charge in [-0.1, -0.05) is 31.4 Å². The molecule has 0 aromatic heterocycles. The second kappa shape index (κ2) is 8.79. The van der Waals surface area contributed by atoms with Gasteiger partial charge in [-0.3, -0.25) is 0 Å². The van der Waals surface area contributed by atoms with Crippen molar-refractivity contribution in [3.63, 3.8) is 0 Å². The number of carbonyl (C=O) groups is 1. The maximum Gasteiger partial charge on any atom is 0.319 e. The Morgan fingerprint density at radius 1 is 1.23 bits per heavy atom. The molecule has 1 fully saturated rings. The van der Waals surface area contributed by atoms with Crippen LogP contribution in [0.15, 0.2) is 18.2 Å². The summed E-state index contributed by atoms with van der Waals surface area (Å²) >= 11 is 0. The molecule has 2 rings (SSSR count). The molecule has 0 bridgehead atoms. The first-order valence-electron chi connectivity index (χ1n) is 8.39. The molecular formula is C18H28N2O2. The van der Waals surface area contributed by atoms with Crippen molar-refractivity contribution in [3.8, 4) is 0 Å². The van der Waals surface area contributed by atoms with Gasteiger partial charge in [0, 0.05) is 18.8 Å². The van der Waals surface area contributed by atoms with E-state index in [2.05, 4.69) is 10.6 Å². The average molecular weight is 304 g/mol. The number of ether oxygens (including phenoxy) is 1. The van der Waals surface area contributed by atoms with Crippen LogP contribution >= 0.6 is 0 Å². The molecule has 0 aliphatic heterocycles. The van der Waals surface area contributed by atoms with Gasteiger partial charge < -0.3 is 15.4 Å². The van der Waals surface area contributed by atoms with Gasteiger partial charge in [-0.25, -0.2) is 4.79 Å². The molecule has 22 heavy (non-hydrogen) atoms. The standard InChI is InChI=1S/C18H28N2O2/c1-14-8-6-11-17(15(14)2)20-18(21)19-12-7-13-22-16-9-4-3-5-10-16/h6,8,11,16H,3-5,7,9-10,12-13H2,1-2H3,(H2,19,20,21). The molecule has 0 atom stereocenters. The molecule has 4 nitrogen and oxygen atoms in total. The molecule has 1 aromatic carbocycles. The molecule has 0 saturated heterocycles. The lowest BCUT2D eigenvalue weighted by Crippen LogP contribution is -2.30. The fourth-order valence-electron chi connectivity index (χ4n) is 2.81. The molecule has 4 heteroatoms. The Morgan fingerprint density at radius 3 is 2.77 bits per heavy atom. The highest BCUT2D eigenvalue weighted by Gasteiger charge is 2.13. The van der Waals surface area contributed by atoms with E-state index in [4.69, 9.17) is 4.74 Å². The molecular weight excluding hydrogens is 276 g/mol. The van der Waals surface area contributed by atoms with Crippen molar-refractivity contribution in [3.05, 3.63) is 29.3 Å². The Labute approximate surface area is 133 Å². The van der Waals surface area contributed by atoms with Gasteiger partial charge in [-0.2, -0.15) is 0 Å². The van der Waals surface area contributed by atoms with E-state index in [1.807, 2.05) is 32.0 Å². The summed E-state index contributed by atoms with van der Waals surface area (Å²) in [5.74, 6) is 0. The number of benzene rings is 1. The number of carbonyl (C=O) groups excluding carboxylic acids is 1. The fraction of sp³-hybridized carbons (Fsp3) is 0.611. The lowest BCUT2D eigenvalue weighted by Gasteiger charge is -2.21. The number of hydrogen-bond acceptors (Lipinski definition) is 2. The van der Waals surface area contributed by atoms with Gasteiger partial charge in [0.1, 0.15) is 0 Å². The summed E-state index contributed by atoms with van der Waals surface area (Å²) in [6.07, 6.45) is 7.62. The summed E-state index contributed by atoms with van der Waals surface area (Å²) in [6.45, 7) is 5.43. The van der Waals surface area contributed by atoms with E-state index < -0.39 is 0 Å². The first-order valence-corrected chi connectivity index (χ1v) is 8.39. The molecule has 0 unspecified atom stereocenters. The predicted octanol–water partition coefficient (Wildman–Crippen LogP) is 4.16. The molecule has 122 valence electrons. The Kier molecular flexibility index (Phi) is 6.72. The third-order valence-electron chi connectivity index (χ3n) is 4.37. The highest BCUT2D eigenvalue weighted by atomic mass is 16.5. The Bertz CT molecular complexity index is 482. The van der Waals surface area contributed by atoms with E-state index in [0.29, 0.717) is 12.6 Å². The lowest BCUT2D eigenvalue weighted by molar-refractivity contribution is 0.0276. The van der Waals surface area contributed by atoms with Crippen molar-refractivity contribution < 1.29 is 9.53 Å². The van der Waals surface area contributed by atoms with Crippen LogP contribution < -0.4 is 10.6 Å². The summed E-state index contributed by atoms with van der Waals surface area (Å²) in [7, 11) is 0. The van der Waals surface area contributed by atoms with Crippen LogP contribution in [0.5, 0.6) is 0 Å². The Hall–Kier alpha value is -1.55. The van der Waals surface area contributed by atoms with Gasteiger partial charge in [0.05, 0.1) is 6.10 Å². The summed E-state index contributed by atoms with van der Waals surface area (Å²) in [4.78, 5) is 11.9. The van der Waals surface area contributed by atoms with Crippen LogP contribution in [0, 0.1) is 13.8 Å².